The quantitative estimate of drug-likeness (QED) is 0.262. The Bertz CT molecular complexity index is 2010. The number of para-hydroxylation sites is 2. The van der Waals surface area contributed by atoms with Crippen LogP contribution in [0.2, 0.25) is 0 Å². The molecule has 0 aliphatic carbocycles. The maximum Gasteiger partial charge on any atom is 0.163 e. The zero-order chi connectivity index (χ0) is 20.1. The van der Waals surface area contributed by atoms with Crippen LogP contribution in [0.1, 0.15) is 0 Å². The van der Waals surface area contributed by atoms with Gasteiger partial charge in [0.25, 0.3) is 0 Å². The highest BCUT2D eigenvalue weighted by molar-refractivity contribution is 6.37. The van der Waals surface area contributed by atoms with Crippen LogP contribution < -0.4 is 0 Å². The molecule has 0 bridgehead atoms. The molecule has 5 heteroatoms. The maximum atomic E-state index is 6.48. The fraction of sp³-hybridized carbons (Fsp3) is 0. The lowest BCUT2D eigenvalue weighted by molar-refractivity contribution is 0.664. The van der Waals surface area contributed by atoms with Crippen molar-refractivity contribution in [1.29, 1.82) is 0 Å². The highest BCUT2D eigenvalue weighted by atomic mass is 16.3. The molecule has 5 aromatic heterocycles. The van der Waals surface area contributed by atoms with Crippen molar-refractivity contribution in [3.8, 4) is 0 Å². The first-order valence-corrected chi connectivity index (χ1v) is 10.2. The molecule has 8 rings (SSSR count). The predicted molar refractivity (Wildman–Crippen MR) is 123 cm³/mol. The lowest BCUT2D eigenvalue weighted by atomic mass is 9.99. The molecule has 0 fully saturated rings. The zero-order valence-electron chi connectivity index (χ0n) is 16.2. The van der Waals surface area contributed by atoms with Crippen LogP contribution in [0.3, 0.4) is 0 Å². The minimum atomic E-state index is 0.802. The Kier molecular flexibility index (Phi) is 2.60. The third-order valence-corrected chi connectivity index (χ3v) is 6.33. The summed E-state index contributed by atoms with van der Waals surface area (Å²) in [6.45, 7) is 0. The van der Waals surface area contributed by atoms with E-state index in [1.165, 1.54) is 0 Å². The Morgan fingerprint density at radius 1 is 0.645 bits per heavy atom. The van der Waals surface area contributed by atoms with Crippen molar-refractivity contribution in [2.45, 2.75) is 0 Å². The van der Waals surface area contributed by atoms with E-state index in [4.69, 9.17) is 8.83 Å². The summed E-state index contributed by atoms with van der Waals surface area (Å²) >= 11 is 0. The fourth-order valence-electron chi connectivity index (χ4n) is 5.10. The minimum absolute atomic E-state index is 0.802. The van der Waals surface area contributed by atoms with Crippen LogP contribution in [0.5, 0.6) is 0 Å². The van der Waals surface area contributed by atoms with E-state index in [-0.39, 0.29) is 0 Å². The number of hydrogen-bond acceptors (Lipinski definition) is 4. The number of imidazole rings is 1. The molecule has 0 aliphatic heterocycles. The summed E-state index contributed by atoms with van der Waals surface area (Å²) in [5.41, 5.74) is 5.22. The van der Waals surface area contributed by atoms with Gasteiger partial charge in [0.05, 0.1) is 10.9 Å². The molecule has 0 atom stereocenters. The number of pyridine rings is 2. The lowest BCUT2D eigenvalue weighted by Crippen LogP contribution is -1.92. The van der Waals surface area contributed by atoms with Gasteiger partial charge in [-0.2, -0.15) is 0 Å². The SMILES string of the molecule is c1ccc2c(c1)oc1c2c2oc3ccccc3c2c2c3cnccc3c3nccn3c12. The van der Waals surface area contributed by atoms with Crippen molar-refractivity contribution in [3.63, 3.8) is 0 Å². The first-order valence-electron chi connectivity index (χ1n) is 10.2. The molecule has 0 N–H and O–H groups in total. The van der Waals surface area contributed by atoms with Gasteiger partial charge in [-0.3, -0.25) is 9.38 Å². The largest absolute Gasteiger partial charge is 0.455 e. The molecule has 0 saturated carbocycles. The van der Waals surface area contributed by atoms with E-state index in [0.29, 0.717) is 0 Å². The van der Waals surface area contributed by atoms with Gasteiger partial charge < -0.3 is 8.83 Å². The van der Waals surface area contributed by atoms with E-state index in [1.807, 2.05) is 61.2 Å². The van der Waals surface area contributed by atoms with Crippen LogP contribution in [-0.4, -0.2) is 14.4 Å². The molecule has 0 radical (unpaired) electrons. The number of benzene rings is 3. The van der Waals surface area contributed by atoms with Crippen LogP contribution in [0.25, 0.3) is 71.2 Å². The molecule has 0 spiro atoms. The zero-order valence-corrected chi connectivity index (χ0v) is 16.2. The highest BCUT2D eigenvalue weighted by Gasteiger charge is 2.24. The molecule has 144 valence electrons. The van der Waals surface area contributed by atoms with Crippen LogP contribution in [0, 0.1) is 0 Å². The summed E-state index contributed by atoms with van der Waals surface area (Å²) in [4.78, 5) is 9.11. The minimum Gasteiger partial charge on any atom is -0.455 e. The van der Waals surface area contributed by atoms with Crippen molar-refractivity contribution in [2.75, 3.05) is 0 Å². The van der Waals surface area contributed by atoms with Crippen molar-refractivity contribution in [1.82, 2.24) is 14.4 Å². The predicted octanol–water partition coefficient (Wildman–Crippen LogP) is 6.83. The molecule has 5 nitrogen and oxygen atoms in total. The average Bonchev–Trinajstić information content (AvgIpc) is 3.53. The van der Waals surface area contributed by atoms with Gasteiger partial charge in [0, 0.05) is 57.1 Å². The van der Waals surface area contributed by atoms with Gasteiger partial charge in [0.2, 0.25) is 0 Å². The van der Waals surface area contributed by atoms with Gasteiger partial charge in [-0.05, 0) is 18.2 Å². The topological polar surface area (TPSA) is 56.5 Å². The van der Waals surface area contributed by atoms with Gasteiger partial charge >= 0.3 is 0 Å². The van der Waals surface area contributed by atoms with E-state index in [1.54, 1.807) is 0 Å². The average molecular weight is 399 g/mol. The molecular formula is C26H13N3O2. The smallest absolute Gasteiger partial charge is 0.163 e. The van der Waals surface area contributed by atoms with Gasteiger partial charge in [0.15, 0.2) is 5.58 Å². The number of aromatic nitrogens is 3. The van der Waals surface area contributed by atoms with Crippen LogP contribution in [-0.2, 0) is 0 Å². The second-order valence-corrected chi connectivity index (χ2v) is 7.87. The van der Waals surface area contributed by atoms with Gasteiger partial charge in [-0.15, -0.1) is 0 Å². The van der Waals surface area contributed by atoms with Crippen molar-refractivity contribution < 1.29 is 8.83 Å². The van der Waals surface area contributed by atoms with Gasteiger partial charge in [-0.1, -0.05) is 36.4 Å². The Labute approximate surface area is 174 Å². The Morgan fingerprint density at radius 2 is 1.39 bits per heavy atom. The summed E-state index contributed by atoms with van der Waals surface area (Å²) < 4.78 is 15.1. The fourth-order valence-corrected chi connectivity index (χ4v) is 5.10. The van der Waals surface area contributed by atoms with Crippen molar-refractivity contribution in [2.24, 2.45) is 0 Å². The Morgan fingerprint density at radius 3 is 2.23 bits per heavy atom. The highest BCUT2D eigenvalue weighted by Crippen LogP contribution is 2.46. The number of rotatable bonds is 0. The first-order chi connectivity index (χ1) is 15.4. The molecule has 3 aromatic carbocycles. The monoisotopic (exact) mass is 399 g/mol. The first kappa shape index (κ1) is 15.5. The number of nitrogens with zero attached hydrogens (tertiary/aromatic N) is 3. The normalized spacial score (nSPS) is 12.5. The molecular weight excluding hydrogens is 386 g/mol. The van der Waals surface area contributed by atoms with E-state index in [2.05, 4.69) is 32.6 Å². The van der Waals surface area contributed by atoms with Crippen LogP contribution in [0.4, 0.5) is 0 Å². The number of hydrogen-bond donors (Lipinski definition) is 0. The van der Waals surface area contributed by atoms with Gasteiger partial charge in [-0.25, -0.2) is 4.98 Å². The van der Waals surface area contributed by atoms with Crippen molar-refractivity contribution >= 4 is 71.2 Å². The second-order valence-electron chi connectivity index (χ2n) is 7.87. The van der Waals surface area contributed by atoms with Crippen molar-refractivity contribution in [3.05, 3.63) is 79.4 Å². The summed E-state index contributed by atoms with van der Waals surface area (Å²) in [6, 6.07) is 18.3. The van der Waals surface area contributed by atoms with E-state index in [9.17, 15) is 0 Å². The van der Waals surface area contributed by atoms with E-state index < -0.39 is 0 Å². The van der Waals surface area contributed by atoms with Gasteiger partial charge in [0.1, 0.15) is 22.4 Å². The molecule has 0 unspecified atom stereocenters. The number of furan rings is 2. The summed E-state index contributed by atoms with van der Waals surface area (Å²) in [5.74, 6) is 0. The Balaban J connectivity index is 1.88. The van der Waals surface area contributed by atoms with Crippen LogP contribution >= 0.6 is 0 Å². The van der Waals surface area contributed by atoms with E-state index in [0.717, 1.165) is 71.2 Å². The molecule has 0 aliphatic rings. The third kappa shape index (κ3) is 1.74. The summed E-state index contributed by atoms with van der Waals surface area (Å²) in [6.07, 6.45) is 7.56. The number of fused-ring (bicyclic) bond motifs is 15. The molecule has 0 saturated heterocycles. The second kappa shape index (κ2) is 5.21. The summed E-state index contributed by atoms with van der Waals surface area (Å²) in [7, 11) is 0. The molecule has 8 aromatic rings. The summed E-state index contributed by atoms with van der Waals surface area (Å²) in [5, 5.41) is 7.36. The lowest BCUT2D eigenvalue weighted by Gasteiger charge is -2.10. The van der Waals surface area contributed by atoms with E-state index >= 15 is 0 Å². The molecule has 5 heterocycles. The molecule has 0 amide bonds. The Hall–Kier alpha value is -4.38. The molecule has 31 heavy (non-hydrogen) atoms. The third-order valence-electron chi connectivity index (χ3n) is 6.33. The maximum absolute atomic E-state index is 6.48. The van der Waals surface area contributed by atoms with Crippen LogP contribution in [0.15, 0.2) is 88.2 Å². The standard InChI is InChI=1S/C26H13N3O2/c1-3-7-18-15(5-1)21-20-17-13-27-10-9-14(17)26-28-11-12-29(26)23(20)25-22(24(21)30-18)16-6-2-4-8-19(16)31-25/h1-13H.